The van der Waals surface area contributed by atoms with Crippen molar-refractivity contribution >= 4 is 41.3 Å². The average Bonchev–Trinajstić information content (AvgIpc) is 2.99. The van der Waals surface area contributed by atoms with Gasteiger partial charge in [-0.25, -0.2) is 14.4 Å². The molecule has 1 aromatic heterocycles. The van der Waals surface area contributed by atoms with E-state index in [-0.39, 0.29) is 36.3 Å². The Labute approximate surface area is 168 Å². The van der Waals surface area contributed by atoms with Crippen molar-refractivity contribution in [3.8, 4) is 6.07 Å². The van der Waals surface area contributed by atoms with Gasteiger partial charge < -0.3 is 10.6 Å². The van der Waals surface area contributed by atoms with Crippen molar-refractivity contribution in [3.05, 3.63) is 51.2 Å². The first-order chi connectivity index (χ1) is 11.6. The Balaban J connectivity index is 0.00000312. The summed E-state index contributed by atoms with van der Waals surface area (Å²) >= 11 is 1.68. The van der Waals surface area contributed by atoms with Crippen LogP contribution in [0.15, 0.2) is 29.4 Å². The normalized spacial score (nSPS) is 10.7. The fraction of sp³-hybridized carbons (Fsp3) is 0.353. The number of aliphatic imine (C=N–C) groups is 1. The van der Waals surface area contributed by atoms with Crippen LogP contribution in [0.5, 0.6) is 0 Å². The van der Waals surface area contributed by atoms with Crippen molar-refractivity contribution in [2.24, 2.45) is 4.99 Å². The molecule has 1 heterocycles. The van der Waals surface area contributed by atoms with Crippen LogP contribution in [-0.4, -0.2) is 24.0 Å². The highest BCUT2D eigenvalue weighted by Gasteiger charge is 2.05. The zero-order chi connectivity index (χ0) is 17.4. The SMILES string of the molecule is CCNC(=NCc1cc(C#N)ccc1F)NCCc1ncc(C)s1.I. The van der Waals surface area contributed by atoms with Crippen LogP contribution in [0.1, 0.15) is 27.9 Å². The van der Waals surface area contributed by atoms with Gasteiger partial charge in [0.2, 0.25) is 0 Å². The number of hydrogen-bond acceptors (Lipinski definition) is 4. The van der Waals surface area contributed by atoms with E-state index in [0.29, 0.717) is 30.2 Å². The van der Waals surface area contributed by atoms with Crippen LogP contribution in [0.3, 0.4) is 0 Å². The van der Waals surface area contributed by atoms with Gasteiger partial charge in [-0.2, -0.15) is 5.26 Å². The number of hydrogen-bond donors (Lipinski definition) is 2. The minimum Gasteiger partial charge on any atom is -0.357 e. The van der Waals surface area contributed by atoms with Gasteiger partial charge in [-0.1, -0.05) is 0 Å². The largest absolute Gasteiger partial charge is 0.357 e. The Morgan fingerprint density at radius 3 is 2.84 bits per heavy atom. The molecule has 2 rings (SSSR count). The minimum atomic E-state index is -0.355. The Kier molecular flexibility index (Phi) is 9.37. The molecule has 0 saturated carbocycles. The molecule has 25 heavy (non-hydrogen) atoms. The summed E-state index contributed by atoms with van der Waals surface area (Å²) in [5.74, 6) is 0.263. The van der Waals surface area contributed by atoms with E-state index in [1.807, 2.05) is 26.1 Å². The molecular weight excluding hydrogens is 452 g/mol. The number of nitrogens with one attached hydrogen (secondary N) is 2. The number of aryl methyl sites for hydroxylation is 1. The lowest BCUT2D eigenvalue weighted by molar-refractivity contribution is 0.610. The summed E-state index contributed by atoms with van der Waals surface area (Å²) in [4.78, 5) is 9.90. The average molecular weight is 473 g/mol. The van der Waals surface area contributed by atoms with E-state index < -0.39 is 0 Å². The van der Waals surface area contributed by atoms with E-state index in [2.05, 4.69) is 20.6 Å². The summed E-state index contributed by atoms with van der Waals surface area (Å²) in [7, 11) is 0. The van der Waals surface area contributed by atoms with E-state index in [0.717, 1.165) is 11.4 Å². The number of thiazole rings is 1. The van der Waals surface area contributed by atoms with Crippen molar-refractivity contribution < 1.29 is 4.39 Å². The molecule has 0 saturated heterocycles. The molecular formula is C17H21FIN5S. The van der Waals surface area contributed by atoms with Crippen LogP contribution in [0.2, 0.25) is 0 Å². The first-order valence-electron chi connectivity index (χ1n) is 7.74. The fourth-order valence-electron chi connectivity index (χ4n) is 2.08. The van der Waals surface area contributed by atoms with Crippen molar-refractivity contribution in [2.45, 2.75) is 26.8 Å². The maximum atomic E-state index is 13.8. The fourth-order valence-corrected chi connectivity index (χ4v) is 2.86. The van der Waals surface area contributed by atoms with Crippen LogP contribution in [0.25, 0.3) is 0 Å². The van der Waals surface area contributed by atoms with Crippen LogP contribution in [0.4, 0.5) is 4.39 Å². The molecule has 0 amide bonds. The van der Waals surface area contributed by atoms with E-state index >= 15 is 0 Å². The molecule has 0 fully saturated rings. The summed E-state index contributed by atoms with van der Waals surface area (Å²) in [6.45, 7) is 5.58. The third kappa shape index (κ3) is 6.96. The zero-order valence-corrected chi connectivity index (χ0v) is 17.3. The van der Waals surface area contributed by atoms with Gasteiger partial charge >= 0.3 is 0 Å². The molecule has 0 bridgehead atoms. The van der Waals surface area contributed by atoms with E-state index in [9.17, 15) is 4.39 Å². The predicted octanol–water partition coefficient (Wildman–Crippen LogP) is 3.38. The highest BCUT2D eigenvalue weighted by atomic mass is 127. The van der Waals surface area contributed by atoms with Gasteiger partial charge in [0.1, 0.15) is 5.82 Å². The maximum Gasteiger partial charge on any atom is 0.191 e. The van der Waals surface area contributed by atoms with Crippen LogP contribution in [-0.2, 0) is 13.0 Å². The first kappa shape index (κ1) is 21.3. The van der Waals surface area contributed by atoms with Gasteiger partial charge in [-0.05, 0) is 32.0 Å². The van der Waals surface area contributed by atoms with Gasteiger partial charge in [-0.3, -0.25) is 0 Å². The molecule has 0 aliphatic heterocycles. The van der Waals surface area contributed by atoms with Crippen molar-refractivity contribution in [1.82, 2.24) is 15.6 Å². The van der Waals surface area contributed by atoms with Gasteiger partial charge in [0.05, 0.1) is 23.2 Å². The summed E-state index contributed by atoms with van der Waals surface area (Å²) in [6.07, 6.45) is 2.67. The number of halogens is 2. The summed E-state index contributed by atoms with van der Waals surface area (Å²) in [5.41, 5.74) is 0.834. The quantitative estimate of drug-likeness (QED) is 0.384. The second kappa shape index (κ2) is 11.0. The molecule has 5 nitrogen and oxygen atoms in total. The molecule has 0 radical (unpaired) electrons. The lowest BCUT2D eigenvalue weighted by Crippen LogP contribution is -2.38. The standard InChI is InChI=1S/C17H20FN5S.HI/c1-3-20-17(21-7-6-16-22-10-12(2)24-16)23-11-14-8-13(9-19)4-5-15(14)18;/h4-5,8,10H,3,6-7,11H2,1-2H3,(H2,20,21,23);1H. The molecule has 134 valence electrons. The van der Waals surface area contributed by atoms with E-state index in [1.54, 1.807) is 11.3 Å². The number of rotatable bonds is 6. The monoisotopic (exact) mass is 473 g/mol. The highest BCUT2D eigenvalue weighted by Crippen LogP contribution is 2.12. The van der Waals surface area contributed by atoms with Crippen LogP contribution < -0.4 is 10.6 Å². The van der Waals surface area contributed by atoms with E-state index in [4.69, 9.17) is 5.26 Å². The molecule has 0 aliphatic carbocycles. The number of nitriles is 1. The summed E-state index contributed by atoms with van der Waals surface area (Å²) in [5, 5.41) is 16.3. The summed E-state index contributed by atoms with van der Waals surface area (Å²) in [6, 6.07) is 6.30. The Hall–Kier alpha value is -1.73. The smallest absolute Gasteiger partial charge is 0.191 e. The van der Waals surface area contributed by atoms with Crippen molar-refractivity contribution in [1.29, 1.82) is 5.26 Å². The topological polar surface area (TPSA) is 73.1 Å². The number of guanidine groups is 1. The molecule has 2 aromatic rings. The number of nitrogens with zero attached hydrogens (tertiary/aromatic N) is 3. The Morgan fingerprint density at radius 1 is 1.40 bits per heavy atom. The number of benzene rings is 1. The highest BCUT2D eigenvalue weighted by molar-refractivity contribution is 14.0. The summed E-state index contributed by atoms with van der Waals surface area (Å²) < 4.78 is 13.8. The Morgan fingerprint density at radius 2 is 2.20 bits per heavy atom. The van der Waals surface area contributed by atoms with Gasteiger partial charge in [-0.15, -0.1) is 35.3 Å². The maximum absolute atomic E-state index is 13.8. The van der Waals surface area contributed by atoms with E-state index in [1.165, 1.54) is 23.1 Å². The molecule has 1 aromatic carbocycles. The molecule has 0 spiro atoms. The van der Waals surface area contributed by atoms with Crippen LogP contribution >= 0.6 is 35.3 Å². The van der Waals surface area contributed by atoms with Crippen LogP contribution in [0, 0.1) is 24.1 Å². The molecule has 0 atom stereocenters. The van der Waals surface area contributed by atoms with Gasteiger partial charge in [0, 0.05) is 36.1 Å². The van der Waals surface area contributed by atoms with Crippen molar-refractivity contribution in [3.63, 3.8) is 0 Å². The predicted molar refractivity (Wildman–Crippen MR) is 110 cm³/mol. The second-order valence-electron chi connectivity index (χ2n) is 5.15. The van der Waals surface area contributed by atoms with Gasteiger partial charge in [0.25, 0.3) is 0 Å². The molecule has 0 unspecified atom stereocenters. The Bertz CT molecular complexity index is 754. The first-order valence-corrected chi connectivity index (χ1v) is 8.56. The van der Waals surface area contributed by atoms with Crippen molar-refractivity contribution in [2.75, 3.05) is 13.1 Å². The lowest BCUT2D eigenvalue weighted by atomic mass is 10.1. The zero-order valence-electron chi connectivity index (χ0n) is 14.2. The third-order valence-corrected chi connectivity index (χ3v) is 4.20. The molecule has 0 aliphatic rings. The molecule has 2 N–H and O–H groups in total. The third-order valence-electron chi connectivity index (χ3n) is 3.23. The lowest BCUT2D eigenvalue weighted by Gasteiger charge is -2.11. The van der Waals surface area contributed by atoms with Gasteiger partial charge in [0.15, 0.2) is 5.96 Å². The second-order valence-corrected chi connectivity index (χ2v) is 6.47. The molecule has 8 heteroatoms. The minimum absolute atomic E-state index is 0. The number of aromatic nitrogens is 1.